The Morgan fingerprint density at radius 3 is 2.74 bits per heavy atom. The first-order valence-electron chi connectivity index (χ1n) is 6.66. The number of nitrogens with zero attached hydrogens (tertiary/aromatic N) is 2. The van der Waals surface area contributed by atoms with Gasteiger partial charge in [-0.2, -0.15) is 0 Å². The van der Waals surface area contributed by atoms with Crippen LogP contribution in [0.1, 0.15) is 18.5 Å². The highest BCUT2D eigenvalue weighted by molar-refractivity contribution is 5.91. The normalized spacial score (nSPS) is 16.7. The molecule has 0 amide bonds. The summed E-state index contributed by atoms with van der Waals surface area (Å²) < 4.78 is 1.29. The Morgan fingerprint density at radius 2 is 2.09 bits per heavy atom. The number of carboxylic acid groups (broad SMARTS) is 1. The first-order valence-corrected chi connectivity index (χ1v) is 6.66. The van der Waals surface area contributed by atoms with Crippen LogP contribution >= 0.6 is 0 Å². The van der Waals surface area contributed by atoms with Crippen LogP contribution in [-0.2, 0) is 4.79 Å². The number of H-pyrrole nitrogens is 1. The Bertz CT molecular complexity index is 908. The lowest BCUT2D eigenvalue weighted by atomic mass is 9.94. The van der Waals surface area contributed by atoms with Crippen LogP contribution in [0.25, 0.3) is 0 Å². The number of carboxylic acids is 1. The predicted molar refractivity (Wildman–Crippen MR) is 80.2 cm³/mol. The fourth-order valence-corrected chi connectivity index (χ4v) is 2.76. The molecule has 1 aliphatic heterocycles. The molecule has 1 aromatic carbocycles. The van der Waals surface area contributed by atoms with Gasteiger partial charge in [-0.05, 0) is 13.0 Å². The molecule has 1 atom stereocenters. The number of aliphatic carboxylic acids is 1. The van der Waals surface area contributed by atoms with Gasteiger partial charge >= 0.3 is 5.97 Å². The lowest BCUT2D eigenvalue weighted by Gasteiger charge is -2.28. The molecule has 3 rings (SSSR count). The summed E-state index contributed by atoms with van der Waals surface area (Å²) in [6, 6.07) is 6.12. The molecule has 9 nitrogen and oxygen atoms in total. The number of aromatic nitrogens is 2. The van der Waals surface area contributed by atoms with Gasteiger partial charge in [-0.1, -0.05) is 12.1 Å². The van der Waals surface area contributed by atoms with Gasteiger partial charge in [0, 0.05) is 17.8 Å². The van der Waals surface area contributed by atoms with Crippen LogP contribution in [0.4, 0.5) is 11.5 Å². The standard InChI is InChI=1S/C14H12N4O5/c1-7-12(14(20)21)13(17-10(15-7)6-11(19)16-17)8-4-2-3-5-9(8)18(22)23/h2-6,13,15H,1H3,(H,16,19)(H,20,21). The minimum Gasteiger partial charge on any atom is -0.478 e. The highest BCUT2D eigenvalue weighted by atomic mass is 16.6. The summed E-state index contributed by atoms with van der Waals surface area (Å²) in [5.41, 5.74) is -0.218. The van der Waals surface area contributed by atoms with Crippen LogP contribution in [0, 0.1) is 10.1 Å². The molecule has 2 heterocycles. The number of anilines is 1. The van der Waals surface area contributed by atoms with E-state index in [4.69, 9.17) is 0 Å². The number of nitro benzene ring substituents is 1. The van der Waals surface area contributed by atoms with Gasteiger partial charge in [0.15, 0.2) is 0 Å². The van der Waals surface area contributed by atoms with Gasteiger partial charge in [-0.15, -0.1) is 0 Å². The van der Waals surface area contributed by atoms with Gasteiger partial charge in [-0.25, -0.2) is 4.79 Å². The fraction of sp³-hybridized carbons (Fsp3) is 0.143. The Morgan fingerprint density at radius 1 is 1.39 bits per heavy atom. The molecule has 1 aromatic heterocycles. The third-order valence-corrected chi connectivity index (χ3v) is 3.67. The lowest BCUT2D eigenvalue weighted by Crippen LogP contribution is -2.29. The van der Waals surface area contributed by atoms with E-state index >= 15 is 0 Å². The molecule has 0 aliphatic carbocycles. The van der Waals surface area contributed by atoms with Crippen molar-refractivity contribution in [3.63, 3.8) is 0 Å². The number of fused-ring (bicyclic) bond motifs is 1. The maximum absolute atomic E-state index is 11.7. The van der Waals surface area contributed by atoms with Gasteiger partial charge < -0.3 is 10.4 Å². The highest BCUT2D eigenvalue weighted by Gasteiger charge is 2.36. The monoisotopic (exact) mass is 316 g/mol. The molecule has 0 fully saturated rings. The van der Waals surface area contributed by atoms with Gasteiger partial charge in [0.05, 0.1) is 16.1 Å². The van der Waals surface area contributed by atoms with Gasteiger partial charge in [0.1, 0.15) is 11.9 Å². The van der Waals surface area contributed by atoms with Crippen molar-refractivity contribution in [2.45, 2.75) is 13.0 Å². The first-order chi connectivity index (χ1) is 10.9. The van der Waals surface area contributed by atoms with Gasteiger partial charge in [0.25, 0.3) is 11.2 Å². The number of hydrogen-bond donors (Lipinski definition) is 3. The van der Waals surface area contributed by atoms with E-state index < -0.39 is 22.5 Å². The summed E-state index contributed by atoms with van der Waals surface area (Å²) in [5.74, 6) is -0.876. The summed E-state index contributed by atoms with van der Waals surface area (Å²) in [6.45, 7) is 1.55. The number of para-hydroxylation sites is 1. The van der Waals surface area contributed by atoms with Crippen molar-refractivity contribution < 1.29 is 14.8 Å². The number of hydrogen-bond acceptors (Lipinski definition) is 5. The van der Waals surface area contributed by atoms with Crippen molar-refractivity contribution >= 4 is 17.5 Å². The zero-order valence-electron chi connectivity index (χ0n) is 11.9. The van der Waals surface area contributed by atoms with E-state index in [9.17, 15) is 24.8 Å². The first kappa shape index (κ1) is 14.6. The second-order valence-electron chi connectivity index (χ2n) is 5.06. The quantitative estimate of drug-likeness (QED) is 0.580. The molecule has 2 aromatic rings. The number of rotatable bonds is 3. The maximum Gasteiger partial charge on any atom is 0.335 e. The van der Waals surface area contributed by atoms with Crippen LogP contribution < -0.4 is 10.9 Å². The molecule has 0 spiro atoms. The van der Waals surface area contributed by atoms with Gasteiger partial charge in [-0.3, -0.25) is 24.7 Å². The molecule has 1 aliphatic rings. The number of aromatic amines is 1. The van der Waals surface area contributed by atoms with E-state index in [1.54, 1.807) is 13.0 Å². The second kappa shape index (κ2) is 5.13. The second-order valence-corrected chi connectivity index (χ2v) is 5.06. The van der Waals surface area contributed by atoms with Crippen LogP contribution in [-0.4, -0.2) is 25.8 Å². The van der Waals surface area contributed by atoms with Crippen molar-refractivity contribution in [2.24, 2.45) is 0 Å². The minimum absolute atomic E-state index is 0.0707. The Kier molecular flexibility index (Phi) is 3.25. The Labute approximate surface area is 129 Å². The number of allylic oxidation sites excluding steroid dienone is 1. The predicted octanol–water partition coefficient (Wildman–Crippen LogP) is 1.46. The summed E-state index contributed by atoms with van der Waals surface area (Å²) in [4.78, 5) is 34.0. The SMILES string of the molecule is CC1=C(C(=O)O)C(c2ccccc2[N+](=O)[O-])n2[nH]c(=O)cc2N1. The topological polar surface area (TPSA) is 130 Å². The van der Waals surface area contributed by atoms with Crippen molar-refractivity contribution in [3.05, 3.63) is 67.6 Å². The van der Waals surface area contributed by atoms with Crippen LogP contribution in [0.2, 0.25) is 0 Å². The minimum atomic E-state index is -1.22. The summed E-state index contributed by atoms with van der Waals surface area (Å²) in [7, 11) is 0. The van der Waals surface area contributed by atoms with E-state index in [1.807, 2.05) is 0 Å². The molecular formula is C14H12N4O5. The molecule has 0 bridgehead atoms. The van der Waals surface area contributed by atoms with E-state index in [0.29, 0.717) is 11.5 Å². The molecule has 3 N–H and O–H groups in total. The zero-order valence-corrected chi connectivity index (χ0v) is 11.9. The third kappa shape index (κ3) is 2.27. The van der Waals surface area contributed by atoms with E-state index in [2.05, 4.69) is 10.4 Å². The Hall–Kier alpha value is -3.36. The molecule has 0 saturated carbocycles. The highest BCUT2D eigenvalue weighted by Crippen LogP contribution is 2.38. The Balaban J connectivity index is 2.32. The van der Waals surface area contributed by atoms with Crippen molar-refractivity contribution in [2.75, 3.05) is 5.32 Å². The number of nitro groups is 1. The van der Waals surface area contributed by atoms with Crippen LogP contribution in [0.15, 0.2) is 46.4 Å². The van der Waals surface area contributed by atoms with Crippen molar-refractivity contribution in [3.8, 4) is 0 Å². The van der Waals surface area contributed by atoms with Crippen LogP contribution in [0.5, 0.6) is 0 Å². The smallest absolute Gasteiger partial charge is 0.335 e. The lowest BCUT2D eigenvalue weighted by molar-refractivity contribution is -0.385. The average molecular weight is 316 g/mol. The largest absolute Gasteiger partial charge is 0.478 e. The molecule has 0 radical (unpaired) electrons. The summed E-state index contributed by atoms with van der Waals surface area (Å²) >= 11 is 0. The third-order valence-electron chi connectivity index (χ3n) is 3.67. The molecule has 1 unspecified atom stereocenters. The fourth-order valence-electron chi connectivity index (χ4n) is 2.76. The summed E-state index contributed by atoms with van der Waals surface area (Å²) in [5, 5.41) is 26.1. The summed E-state index contributed by atoms with van der Waals surface area (Å²) in [6.07, 6.45) is 0. The average Bonchev–Trinajstić information content (AvgIpc) is 2.85. The van der Waals surface area contributed by atoms with E-state index in [1.165, 1.54) is 28.9 Å². The van der Waals surface area contributed by atoms with Gasteiger partial charge in [0.2, 0.25) is 0 Å². The molecular weight excluding hydrogens is 304 g/mol. The number of nitrogens with one attached hydrogen (secondary N) is 2. The van der Waals surface area contributed by atoms with Crippen molar-refractivity contribution in [1.82, 2.24) is 9.78 Å². The van der Waals surface area contributed by atoms with Crippen molar-refractivity contribution in [1.29, 1.82) is 0 Å². The zero-order chi connectivity index (χ0) is 16.7. The van der Waals surface area contributed by atoms with Crippen LogP contribution in [0.3, 0.4) is 0 Å². The van der Waals surface area contributed by atoms with E-state index in [0.717, 1.165) is 0 Å². The molecule has 9 heteroatoms. The number of benzene rings is 1. The number of carbonyl (C=O) groups is 1. The molecule has 0 saturated heterocycles. The maximum atomic E-state index is 11.7. The van der Waals surface area contributed by atoms with E-state index in [-0.39, 0.29) is 16.8 Å². The molecule has 23 heavy (non-hydrogen) atoms. The molecule has 118 valence electrons.